The van der Waals surface area contributed by atoms with Crippen molar-refractivity contribution in [3.8, 4) is 11.3 Å². The van der Waals surface area contributed by atoms with E-state index in [1.54, 1.807) is 0 Å². The topological polar surface area (TPSA) is 67.2 Å². The van der Waals surface area contributed by atoms with E-state index in [1.807, 2.05) is 25.3 Å². The van der Waals surface area contributed by atoms with Crippen LogP contribution < -0.4 is 10.6 Å². The van der Waals surface area contributed by atoms with Crippen molar-refractivity contribution < 1.29 is 9.21 Å². The normalized spacial score (nSPS) is 20.8. The van der Waals surface area contributed by atoms with Gasteiger partial charge < -0.3 is 15.1 Å². The Morgan fingerprint density at radius 1 is 1.48 bits per heavy atom. The standard InChI is InChI=1S/C16H21N3O2S.ClH/c1-9-6-12(4-5-17-9)15(20)19-16-18-14(8-22-16)13-7-10(2)21-11(13)3;/h7-9,12,17H,4-6H2,1-3H3,(H,18,19,20);1H/t9-,12-;/m0./s1. The second-order valence-corrected chi connectivity index (χ2v) is 6.79. The molecule has 7 heteroatoms. The minimum Gasteiger partial charge on any atom is -0.466 e. The summed E-state index contributed by atoms with van der Waals surface area (Å²) in [7, 11) is 0. The second kappa shape index (κ2) is 7.47. The number of nitrogens with zero attached hydrogens (tertiary/aromatic N) is 1. The van der Waals surface area contributed by atoms with Crippen LogP contribution in [0, 0.1) is 19.8 Å². The number of anilines is 1. The molecule has 2 atom stereocenters. The van der Waals surface area contributed by atoms with Gasteiger partial charge in [-0.15, -0.1) is 23.7 Å². The third-order valence-corrected chi connectivity index (χ3v) is 4.80. The van der Waals surface area contributed by atoms with Crippen molar-refractivity contribution in [1.82, 2.24) is 10.3 Å². The van der Waals surface area contributed by atoms with Crippen LogP contribution >= 0.6 is 23.7 Å². The zero-order chi connectivity index (χ0) is 15.7. The Morgan fingerprint density at radius 2 is 2.26 bits per heavy atom. The number of hydrogen-bond acceptors (Lipinski definition) is 5. The van der Waals surface area contributed by atoms with Crippen molar-refractivity contribution in [2.24, 2.45) is 5.92 Å². The largest absolute Gasteiger partial charge is 0.466 e. The molecule has 1 aliphatic rings. The Labute approximate surface area is 146 Å². The maximum Gasteiger partial charge on any atom is 0.229 e. The summed E-state index contributed by atoms with van der Waals surface area (Å²) in [6, 6.07) is 2.37. The number of rotatable bonds is 3. The third kappa shape index (κ3) is 4.13. The number of amides is 1. The molecule has 2 aromatic heterocycles. The lowest BCUT2D eigenvalue weighted by Crippen LogP contribution is -2.40. The molecule has 126 valence electrons. The average molecular weight is 356 g/mol. The molecule has 3 rings (SSSR count). The maximum atomic E-state index is 12.3. The lowest BCUT2D eigenvalue weighted by Gasteiger charge is -2.26. The van der Waals surface area contributed by atoms with Crippen LogP contribution in [0.4, 0.5) is 5.13 Å². The smallest absolute Gasteiger partial charge is 0.229 e. The Hall–Kier alpha value is -1.37. The Morgan fingerprint density at radius 3 is 2.91 bits per heavy atom. The zero-order valence-corrected chi connectivity index (χ0v) is 15.1. The van der Waals surface area contributed by atoms with E-state index in [2.05, 4.69) is 22.5 Å². The molecule has 3 heterocycles. The van der Waals surface area contributed by atoms with E-state index in [-0.39, 0.29) is 24.2 Å². The molecule has 1 aliphatic heterocycles. The van der Waals surface area contributed by atoms with Crippen LogP contribution in [-0.4, -0.2) is 23.5 Å². The van der Waals surface area contributed by atoms with Crippen LogP contribution in [0.2, 0.25) is 0 Å². The molecule has 0 spiro atoms. The van der Waals surface area contributed by atoms with E-state index < -0.39 is 0 Å². The second-order valence-electron chi connectivity index (χ2n) is 5.93. The maximum absolute atomic E-state index is 12.3. The molecule has 2 aromatic rings. The summed E-state index contributed by atoms with van der Waals surface area (Å²) in [4.78, 5) is 16.9. The van der Waals surface area contributed by atoms with Crippen LogP contribution in [-0.2, 0) is 4.79 Å². The number of furan rings is 1. The summed E-state index contributed by atoms with van der Waals surface area (Å²) < 4.78 is 5.54. The predicted molar refractivity (Wildman–Crippen MR) is 95.4 cm³/mol. The molecule has 23 heavy (non-hydrogen) atoms. The van der Waals surface area contributed by atoms with Crippen molar-refractivity contribution in [3.63, 3.8) is 0 Å². The van der Waals surface area contributed by atoms with E-state index in [0.717, 1.165) is 42.2 Å². The first-order chi connectivity index (χ1) is 10.5. The van der Waals surface area contributed by atoms with Crippen LogP contribution in [0.15, 0.2) is 15.9 Å². The highest BCUT2D eigenvalue weighted by molar-refractivity contribution is 7.14. The van der Waals surface area contributed by atoms with Gasteiger partial charge in [0.15, 0.2) is 5.13 Å². The van der Waals surface area contributed by atoms with Crippen LogP contribution in [0.5, 0.6) is 0 Å². The van der Waals surface area contributed by atoms with Gasteiger partial charge >= 0.3 is 0 Å². The predicted octanol–water partition coefficient (Wildman–Crippen LogP) is 3.77. The van der Waals surface area contributed by atoms with Crippen molar-refractivity contribution >= 4 is 34.8 Å². The number of halogens is 1. The summed E-state index contributed by atoms with van der Waals surface area (Å²) in [5.74, 6) is 1.87. The Bertz CT molecular complexity index is 683. The SMILES string of the molecule is Cc1cc(-c2csc(NC(=O)[C@H]3CCN[C@@H](C)C3)n2)c(C)o1.Cl. The highest BCUT2D eigenvalue weighted by Gasteiger charge is 2.25. The van der Waals surface area contributed by atoms with Crippen LogP contribution in [0.25, 0.3) is 11.3 Å². The summed E-state index contributed by atoms with van der Waals surface area (Å²) in [6.45, 7) is 6.86. The Balaban J connectivity index is 0.00000192. The Kier molecular flexibility index (Phi) is 5.84. The molecule has 5 nitrogen and oxygen atoms in total. The molecular formula is C16H22ClN3O2S. The first-order valence-corrected chi connectivity index (χ1v) is 8.48. The molecule has 0 aliphatic carbocycles. The van der Waals surface area contributed by atoms with Gasteiger partial charge in [-0.1, -0.05) is 0 Å². The van der Waals surface area contributed by atoms with Gasteiger partial charge in [-0.25, -0.2) is 4.98 Å². The van der Waals surface area contributed by atoms with Gasteiger partial charge in [0.2, 0.25) is 5.91 Å². The lowest BCUT2D eigenvalue weighted by molar-refractivity contribution is -0.120. The van der Waals surface area contributed by atoms with Crippen molar-refractivity contribution in [3.05, 3.63) is 23.0 Å². The number of carbonyl (C=O) groups excluding carboxylic acids is 1. The lowest BCUT2D eigenvalue weighted by atomic mass is 9.92. The van der Waals surface area contributed by atoms with Gasteiger partial charge in [0.05, 0.1) is 5.69 Å². The summed E-state index contributed by atoms with van der Waals surface area (Å²) in [5, 5.41) is 8.93. The minimum absolute atomic E-state index is 0. The number of nitrogens with one attached hydrogen (secondary N) is 2. The first kappa shape index (κ1) is 18.0. The van der Waals surface area contributed by atoms with Gasteiger partial charge in [0.25, 0.3) is 0 Å². The van der Waals surface area contributed by atoms with E-state index >= 15 is 0 Å². The molecule has 1 saturated heterocycles. The molecule has 1 fully saturated rings. The summed E-state index contributed by atoms with van der Waals surface area (Å²) >= 11 is 1.46. The summed E-state index contributed by atoms with van der Waals surface area (Å²) in [6.07, 6.45) is 1.76. The number of hydrogen-bond donors (Lipinski definition) is 2. The van der Waals surface area contributed by atoms with Crippen LogP contribution in [0.1, 0.15) is 31.3 Å². The number of piperidine rings is 1. The molecule has 0 aromatic carbocycles. The number of thiazole rings is 1. The molecule has 0 unspecified atom stereocenters. The van der Waals surface area contributed by atoms with Crippen LogP contribution in [0.3, 0.4) is 0 Å². The van der Waals surface area contributed by atoms with Gasteiger partial charge in [-0.2, -0.15) is 0 Å². The molecular weight excluding hydrogens is 334 g/mol. The fourth-order valence-corrected chi connectivity index (χ4v) is 3.63. The zero-order valence-electron chi connectivity index (χ0n) is 13.5. The molecule has 0 radical (unpaired) electrons. The quantitative estimate of drug-likeness (QED) is 0.879. The van der Waals surface area contributed by atoms with Gasteiger partial charge in [-0.05, 0) is 46.2 Å². The van der Waals surface area contributed by atoms with Gasteiger partial charge in [-0.3, -0.25) is 4.79 Å². The molecule has 1 amide bonds. The van der Waals surface area contributed by atoms with Crippen molar-refractivity contribution in [1.29, 1.82) is 0 Å². The highest BCUT2D eigenvalue weighted by Crippen LogP contribution is 2.30. The number of aromatic nitrogens is 1. The number of aryl methyl sites for hydroxylation is 2. The van der Waals surface area contributed by atoms with Gasteiger partial charge in [0, 0.05) is 22.9 Å². The van der Waals surface area contributed by atoms with E-state index in [0.29, 0.717) is 11.2 Å². The molecule has 0 saturated carbocycles. The summed E-state index contributed by atoms with van der Waals surface area (Å²) in [5.41, 5.74) is 1.85. The van der Waals surface area contributed by atoms with E-state index in [1.165, 1.54) is 11.3 Å². The van der Waals surface area contributed by atoms with Gasteiger partial charge in [0.1, 0.15) is 11.5 Å². The van der Waals surface area contributed by atoms with E-state index in [9.17, 15) is 4.79 Å². The van der Waals surface area contributed by atoms with Crippen molar-refractivity contribution in [2.75, 3.05) is 11.9 Å². The molecule has 2 N–H and O–H groups in total. The molecule has 0 bridgehead atoms. The highest BCUT2D eigenvalue weighted by atomic mass is 35.5. The number of carbonyl (C=O) groups is 1. The van der Waals surface area contributed by atoms with E-state index in [4.69, 9.17) is 4.42 Å². The minimum atomic E-state index is 0. The monoisotopic (exact) mass is 355 g/mol. The van der Waals surface area contributed by atoms with Crippen molar-refractivity contribution in [2.45, 2.75) is 39.7 Å². The third-order valence-electron chi connectivity index (χ3n) is 4.05. The fraction of sp³-hybridized carbons (Fsp3) is 0.500. The first-order valence-electron chi connectivity index (χ1n) is 7.60. The fourth-order valence-electron chi connectivity index (χ4n) is 2.92. The average Bonchev–Trinajstić information content (AvgIpc) is 3.05.